The fraction of sp³-hybridized carbons (Fsp3) is 0.0909. The van der Waals surface area contributed by atoms with Crippen molar-refractivity contribution in [1.82, 2.24) is 4.98 Å². The molecule has 0 aliphatic rings. The van der Waals surface area contributed by atoms with Gasteiger partial charge < -0.3 is 5.41 Å². The highest BCUT2D eigenvalue weighted by Gasteiger charge is 1.98. The van der Waals surface area contributed by atoms with Gasteiger partial charge in [0, 0.05) is 17.3 Å². The molecule has 0 spiro atoms. The Hall–Kier alpha value is -1.70. The first-order valence-corrected chi connectivity index (χ1v) is 4.18. The number of hydrogen-bond donors (Lipinski definition) is 1. The topological polar surface area (TPSA) is 36.7 Å². The van der Waals surface area contributed by atoms with Crippen molar-refractivity contribution < 1.29 is 0 Å². The quantitative estimate of drug-likeness (QED) is 0.656. The molecule has 1 aromatic heterocycles. The van der Waals surface area contributed by atoms with Gasteiger partial charge in [-0.2, -0.15) is 0 Å². The molecule has 13 heavy (non-hydrogen) atoms. The summed E-state index contributed by atoms with van der Waals surface area (Å²) in [7, 11) is 0. The van der Waals surface area contributed by atoms with Gasteiger partial charge in [-0.3, -0.25) is 4.98 Å². The van der Waals surface area contributed by atoms with Crippen LogP contribution in [0.2, 0.25) is 0 Å². The van der Waals surface area contributed by atoms with Crippen LogP contribution >= 0.6 is 0 Å². The van der Waals surface area contributed by atoms with Crippen LogP contribution in [0.5, 0.6) is 0 Å². The second kappa shape index (κ2) is 2.98. The molecule has 2 aromatic rings. The summed E-state index contributed by atoms with van der Waals surface area (Å²) in [5, 5.41) is 9.44. The van der Waals surface area contributed by atoms with Crippen LogP contribution in [0.1, 0.15) is 11.4 Å². The molecule has 0 saturated heterocycles. The molecule has 1 N–H and O–H groups in total. The van der Waals surface area contributed by atoms with Crippen LogP contribution in [0.15, 0.2) is 30.3 Å². The van der Waals surface area contributed by atoms with Crippen LogP contribution < -0.4 is 0 Å². The Morgan fingerprint density at radius 3 is 2.85 bits per heavy atom. The van der Waals surface area contributed by atoms with Crippen LogP contribution in [-0.4, -0.2) is 11.2 Å². The summed E-state index contributed by atoms with van der Waals surface area (Å²) < 4.78 is 0. The largest absolute Gasteiger partial charge is 0.307 e. The third-order valence-corrected chi connectivity index (χ3v) is 2.10. The molecule has 1 heterocycles. The maximum Gasteiger partial charge on any atom is 0.0814 e. The summed E-state index contributed by atoms with van der Waals surface area (Å²) in [6.07, 6.45) is 1.28. The molecule has 0 amide bonds. The lowest BCUT2D eigenvalue weighted by Crippen LogP contribution is -1.90. The van der Waals surface area contributed by atoms with Crippen LogP contribution in [0, 0.1) is 12.3 Å². The minimum atomic E-state index is 0.719. The average molecular weight is 170 g/mol. The molecule has 2 rings (SSSR count). The zero-order valence-corrected chi connectivity index (χ0v) is 7.41. The van der Waals surface area contributed by atoms with Crippen LogP contribution in [0.25, 0.3) is 10.8 Å². The van der Waals surface area contributed by atoms with E-state index in [4.69, 9.17) is 5.41 Å². The zero-order valence-electron chi connectivity index (χ0n) is 7.41. The minimum absolute atomic E-state index is 0.719. The smallest absolute Gasteiger partial charge is 0.0814 e. The summed E-state index contributed by atoms with van der Waals surface area (Å²) >= 11 is 0. The monoisotopic (exact) mass is 170 g/mol. The Bertz CT molecular complexity index is 461. The Morgan fingerprint density at radius 2 is 2.08 bits per heavy atom. The van der Waals surface area contributed by atoms with Crippen molar-refractivity contribution in [3.05, 3.63) is 41.7 Å². The van der Waals surface area contributed by atoms with E-state index in [0.717, 1.165) is 22.2 Å². The molecule has 0 fully saturated rings. The number of pyridine rings is 1. The van der Waals surface area contributed by atoms with Gasteiger partial charge in [-0.25, -0.2) is 0 Å². The second-order valence-corrected chi connectivity index (χ2v) is 3.00. The highest BCUT2D eigenvalue weighted by Crippen LogP contribution is 2.16. The number of aromatic nitrogens is 1. The minimum Gasteiger partial charge on any atom is -0.307 e. The van der Waals surface area contributed by atoms with Gasteiger partial charge in [0.05, 0.1) is 5.69 Å². The number of aryl methyl sites for hydroxylation is 1. The molecule has 0 atom stereocenters. The predicted octanol–water partition coefficient (Wildman–Crippen LogP) is 2.54. The molecule has 1 aromatic carbocycles. The van der Waals surface area contributed by atoms with Crippen LogP contribution in [0.4, 0.5) is 0 Å². The van der Waals surface area contributed by atoms with Gasteiger partial charge in [-0.05, 0) is 18.4 Å². The molecule has 2 heteroatoms. The van der Waals surface area contributed by atoms with Crippen molar-refractivity contribution in [2.75, 3.05) is 0 Å². The fourth-order valence-electron chi connectivity index (χ4n) is 1.47. The molecular weight excluding hydrogens is 160 g/mol. The van der Waals surface area contributed by atoms with Crippen LogP contribution in [0.3, 0.4) is 0 Å². The zero-order chi connectivity index (χ0) is 9.26. The Balaban J connectivity index is 2.84. The lowest BCUT2D eigenvalue weighted by molar-refractivity contribution is 1.21. The van der Waals surface area contributed by atoms with E-state index < -0.39 is 0 Å². The van der Waals surface area contributed by atoms with E-state index >= 15 is 0 Å². The molecule has 0 radical (unpaired) electrons. The lowest BCUT2D eigenvalue weighted by atomic mass is 10.1. The van der Waals surface area contributed by atoms with Gasteiger partial charge in [-0.1, -0.05) is 24.3 Å². The van der Waals surface area contributed by atoms with Crippen molar-refractivity contribution in [1.29, 1.82) is 5.41 Å². The van der Waals surface area contributed by atoms with E-state index in [1.807, 2.05) is 37.3 Å². The first-order chi connectivity index (χ1) is 6.31. The third-order valence-electron chi connectivity index (χ3n) is 2.10. The summed E-state index contributed by atoms with van der Waals surface area (Å²) in [5.74, 6) is 0. The first-order valence-electron chi connectivity index (χ1n) is 4.18. The highest BCUT2D eigenvalue weighted by atomic mass is 14.7. The molecule has 0 aliphatic heterocycles. The number of benzene rings is 1. The van der Waals surface area contributed by atoms with Gasteiger partial charge >= 0.3 is 0 Å². The van der Waals surface area contributed by atoms with Gasteiger partial charge in [0.25, 0.3) is 0 Å². The molecule has 0 unspecified atom stereocenters. The van der Waals surface area contributed by atoms with Gasteiger partial charge in [0.1, 0.15) is 0 Å². The summed E-state index contributed by atoms with van der Waals surface area (Å²) in [6, 6.07) is 10.0. The normalized spacial score (nSPS) is 10.2. The van der Waals surface area contributed by atoms with E-state index in [9.17, 15) is 0 Å². The van der Waals surface area contributed by atoms with E-state index in [2.05, 4.69) is 4.98 Å². The number of nitrogens with one attached hydrogen (secondary N) is 1. The van der Waals surface area contributed by atoms with E-state index in [-0.39, 0.29) is 0 Å². The van der Waals surface area contributed by atoms with E-state index in [1.165, 1.54) is 6.21 Å². The number of fused-ring (bicyclic) bond motifs is 1. The fourth-order valence-corrected chi connectivity index (χ4v) is 1.47. The maximum absolute atomic E-state index is 7.13. The van der Waals surface area contributed by atoms with Crippen molar-refractivity contribution in [2.24, 2.45) is 0 Å². The first kappa shape index (κ1) is 7.92. The van der Waals surface area contributed by atoms with Crippen molar-refractivity contribution >= 4 is 17.0 Å². The van der Waals surface area contributed by atoms with E-state index in [1.54, 1.807) is 0 Å². The van der Waals surface area contributed by atoms with Crippen molar-refractivity contribution in [3.63, 3.8) is 0 Å². The Labute approximate surface area is 76.7 Å². The molecule has 64 valence electrons. The van der Waals surface area contributed by atoms with Crippen molar-refractivity contribution in [2.45, 2.75) is 6.92 Å². The predicted molar refractivity (Wildman–Crippen MR) is 54.4 cm³/mol. The maximum atomic E-state index is 7.13. The third kappa shape index (κ3) is 1.31. The molecule has 0 bridgehead atoms. The van der Waals surface area contributed by atoms with Crippen molar-refractivity contribution in [3.8, 4) is 0 Å². The van der Waals surface area contributed by atoms with Gasteiger partial charge in [-0.15, -0.1) is 0 Å². The second-order valence-electron chi connectivity index (χ2n) is 3.00. The molecular formula is C11H10N2. The Kier molecular flexibility index (Phi) is 1.81. The van der Waals surface area contributed by atoms with Gasteiger partial charge in [0.2, 0.25) is 0 Å². The van der Waals surface area contributed by atoms with E-state index in [0.29, 0.717) is 0 Å². The van der Waals surface area contributed by atoms with Crippen LogP contribution in [-0.2, 0) is 0 Å². The SMILES string of the molecule is Cc1nc(C=N)cc2ccccc12. The summed E-state index contributed by atoms with van der Waals surface area (Å²) in [6.45, 7) is 1.97. The lowest BCUT2D eigenvalue weighted by Gasteiger charge is -2.01. The highest BCUT2D eigenvalue weighted by molar-refractivity contribution is 5.89. The standard InChI is InChI=1S/C11H10N2/c1-8-11-5-3-2-4-9(11)6-10(7-12)13-8/h2-7,12H,1H3. The number of hydrogen-bond acceptors (Lipinski definition) is 2. The summed E-state index contributed by atoms with van der Waals surface area (Å²) in [4.78, 5) is 4.28. The Morgan fingerprint density at radius 1 is 1.31 bits per heavy atom. The number of nitrogens with zero attached hydrogens (tertiary/aromatic N) is 1. The molecule has 0 aliphatic carbocycles. The molecule has 2 nitrogen and oxygen atoms in total. The summed E-state index contributed by atoms with van der Waals surface area (Å²) in [5.41, 5.74) is 1.70. The number of rotatable bonds is 1. The average Bonchev–Trinajstić information content (AvgIpc) is 2.18. The molecule has 0 saturated carbocycles. The van der Waals surface area contributed by atoms with Gasteiger partial charge in [0.15, 0.2) is 0 Å².